The molecule has 7 nitrogen and oxygen atoms in total. The molecule has 6 rings (SSSR count). The first kappa shape index (κ1) is 15.1. The molecular weight excluding hydrogens is 318 g/mol. The Bertz CT molecular complexity index is 831. The highest BCUT2D eigenvalue weighted by Gasteiger charge is 2.55. The van der Waals surface area contributed by atoms with Gasteiger partial charge in [-0.3, -0.25) is 4.79 Å². The molecule has 25 heavy (non-hydrogen) atoms. The summed E-state index contributed by atoms with van der Waals surface area (Å²) in [4.78, 5) is 23.5. The second-order valence-corrected chi connectivity index (χ2v) is 8.04. The van der Waals surface area contributed by atoms with Crippen molar-refractivity contribution in [3.8, 4) is 0 Å². The molecule has 4 aliphatic rings. The molecule has 0 spiro atoms. The number of nitrogens with one attached hydrogen (secondary N) is 2. The third-order valence-corrected chi connectivity index (χ3v) is 6.67. The lowest BCUT2D eigenvalue weighted by Gasteiger charge is -2.59. The first-order valence-electron chi connectivity index (χ1n) is 9.02. The largest absolute Gasteiger partial charge is 0.379 e. The van der Waals surface area contributed by atoms with Crippen molar-refractivity contribution in [2.24, 2.45) is 23.5 Å². The number of hydrogen-bond acceptors (Lipinski definition) is 5. The van der Waals surface area contributed by atoms with E-state index >= 15 is 0 Å². The van der Waals surface area contributed by atoms with Gasteiger partial charge < -0.3 is 20.8 Å². The average molecular weight is 341 g/mol. The molecule has 4 bridgehead atoms. The summed E-state index contributed by atoms with van der Waals surface area (Å²) in [5, 5.41) is 3.67. The van der Waals surface area contributed by atoms with E-state index in [-0.39, 0.29) is 5.60 Å². The van der Waals surface area contributed by atoms with Crippen LogP contribution in [0, 0.1) is 17.8 Å². The molecule has 132 valence electrons. The summed E-state index contributed by atoms with van der Waals surface area (Å²) in [5.74, 6) is 1.43. The zero-order chi connectivity index (χ0) is 17.2. The Balaban J connectivity index is 1.52. The van der Waals surface area contributed by atoms with E-state index in [1.54, 1.807) is 6.33 Å². The third-order valence-electron chi connectivity index (χ3n) is 6.67. The molecule has 1 amide bonds. The number of pyridine rings is 1. The molecule has 2 aromatic rings. The number of rotatable bonds is 4. The first-order valence-corrected chi connectivity index (χ1v) is 9.02. The van der Waals surface area contributed by atoms with Crippen LogP contribution in [0.1, 0.15) is 42.5 Å². The quantitative estimate of drug-likeness (QED) is 0.789. The molecule has 2 heterocycles. The lowest BCUT2D eigenvalue weighted by molar-refractivity contribution is -0.149. The van der Waals surface area contributed by atoms with Gasteiger partial charge in [-0.1, -0.05) is 0 Å². The van der Waals surface area contributed by atoms with Crippen LogP contribution in [0.3, 0.4) is 0 Å². The molecule has 0 saturated heterocycles. The van der Waals surface area contributed by atoms with Gasteiger partial charge >= 0.3 is 0 Å². The Hall–Kier alpha value is -2.15. The highest BCUT2D eigenvalue weighted by molar-refractivity contribution is 6.04. The lowest BCUT2D eigenvalue weighted by atomic mass is 9.52. The van der Waals surface area contributed by atoms with E-state index in [9.17, 15) is 4.79 Å². The van der Waals surface area contributed by atoms with E-state index in [1.165, 1.54) is 25.5 Å². The topological polar surface area (TPSA) is 106 Å². The first-order chi connectivity index (χ1) is 12.1. The number of amides is 1. The predicted octanol–water partition coefficient (Wildman–Crippen LogP) is 2.06. The minimum absolute atomic E-state index is 0.0705. The number of fused-ring (bicyclic) bond motifs is 1. The van der Waals surface area contributed by atoms with Crippen molar-refractivity contribution < 1.29 is 9.53 Å². The highest BCUT2D eigenvalue weighted by atomic mass is 16.5. The molecule has 4 fully saturated rings. The molecule has 4 aliphatic carbocycles. The maximum Gasteiger partial charge on any atom is 0.252 e. The van der Waals surface area contributed by atoms with Crippen molar-refractivity contribution in [3.63, 3.8) is 0 Å². The lowest BCUT2D eigenvalue weighted by Crippen LogP contribution is -2.59. The van der Waals surface area contributed by atoms with Gasteiger partial charge in [-0.2, -0.15) is 0 Å². The number of aromatic nitrogens is 3. The van der Waals surface area contributed by atoms with Crippen molar-refractivity contribution in [1.82, 2.24) is 15.0 Å². The number of anilines is 1. The summed E-state index contributed by atoms with van der Waals surface area (Å²) in [6.45, 7) is 0. The van der Waals surface area contributed by atoms with Crippen LogP contribution in [0.4, 0.5) is 5.69 Å². The van der Waals surface area contributed by atoms with Crippen LogP contribution in [0.2, 0.25) is 0 Å². The number of hydrogen-bond donors (Lipinski definition) is 3. The number of carbonyl (C=O) groups is 1. The van der Waals surface area contributed by atoms with Gasteiger partial charge in [0, 0.05) is 19.3 Å². The van der Waals surface area contributed by atoms with Crippen LogP contribution in [0.15, 0.2) is 12.5 Å². The number of nitrogens with zero attached hydrogens (tertiary/aromatic N) is 2. The van der Waals surface area contributed by atoms with Gasteiger partial charge in [0.25, 0.3) is 5.91 Å². The Labute approximate surface area is 145 Å². The molecule has 4 saturated carbocycles. The Morgan fingerprint density at radius 2 is 2.08 bits per heavy atom. The molecule has 4 N–H and O–H groups in total. The van der Waals surface area contributed by atoms with E-state index < -0.39 is 5.91 Å². The molecule has 0 radical (unpaired) electrons. The van der Waals surface area contributed by atoms with Crippen molar-refractivity contribution in [2.45, 2.75) is 43.7 Å². The predicted molar refractivity (Wildman–Crippen MR) is 93.1 cm³/mol. The monoisotopic (exact) mass is 341 g/mol. The van der Waals surface area contributed by atoms with Gasteiger partial charge in [-0.15, -0.1) is 0 Å². The molecule has 5 atom stereocenters. The molecule has 1 unspecified atom stereocenters. The van der Waals surface area contributed by atoms with Crippen LogP contribution in [0.25, 0.3) is 11.2 Å². The number of imidazole rings is 1. The van der Waals surface area contributed by atoms with Crippen LogP contribution in [-0.4, -0.2) is 39.6 Å². The summed E-state index contributed by atoms with van der Waals surface area (Å²) >= 11 is 0. The van der Waals surface area contributed by atoms with E-state index in [2.05, 4.69) is 20.3 Å². The van der Waals surface area contributed by atoms with Crippen LogP contribution < -0.4 is 11.1 Å². The molecular formula is C18H23N5O2. The standard InChI is InChI=1S/C18H23N5O2/c1-25-18-4-9-2-10(5-18)13(11(3-9)6-18)23-14-12(16(19)24)7-20-17-15(14)21-8-22-17/h7-11,13H,2-6H2,1H3,(H2,19,24)(H2,20,21,22,23)/t9?,10-,11+,13-,18-. The Morgan fingerprint density at radius 3 is 2.76 bits per heavy atom. The van der Waals surface area contributed by atoms with Crippen LogP contribution in [0.5, 0.6) is 0 Å². The summed E-state index contributed by atoms with van der Waals surface area (Å²) in [5.41, 5.74) is 8.15. The minimum atomic E-state index is -0.475. The molecule has 0 aliphatic heterocycles. The van der Waals surface area contributed by atoms with E-state index in [0.717, 1.165) is 24.4 Å². The van der Waals surface area contributed by atoms with Crippen LogP contribution in [-0.2, 0) is 4.74 Å². The minimum Gasteiger partial charge on any atom is -0.379 e. The number of ether oxygens (including phenoxy) is 1. The van der Waals surface area contributed by atoms with Crippen molar-refractivity contribution in [1.29, 1.82) is 0 Å². The number of carbonyl (C=O) groups excluding carboxylic acids is 1. The van der Waals surface area contributed by atoms with Crippen molar-refractivity contribution in [2.75, 3.05) is 12.4 Å². The van der Waals surface area contributed by atoms with Gasteiger partial charge in [-0.25, -0.2) is 9.97 Å². The number of aromatic amines is 1. The summed E-state index contributed by atoms with van der Waals surface area (Å²) in [7, 11) is 1.86. The van der Waals surface area contributed by atoms with Gasteiger partial charge in [-0.05, 0) is 49.9 Å². The Kier molecular flexibility index (Phi) is 3.13. The molecule has 2 aromatic heterocycles. The SMILES string of the molecule is CO[C@]12CC3C[C@H](C1)[C@@H](Nc1c(C(N)=O)cnc4[nH]cnc14)[C@@H](C3)C2. The highest BCUT2D eigenvalue weighted by Crippen LogP contribution is 2.57. The molecule has 7 heteroatoms. The zero-order valence-electron chi connectivity index (χ0n) is 14.3. The second-order valence-electron chi connectivity index (χ2n) is 8.04. The van der Waals surface area contributed by atoms with Gasteiger partial charge in [0.05, 0.1) is 23.2 Å². The fourth-order valence-electron chi connectivity index (χ4n) is 5.83. The number of H-pyrrole nitrogens is 1. The van der Waals surface area contributed by atoms with E-state index in [4.69, 9.17) is 10.5 Å². The normalized spacial score (nSPS) is 36.0. The van der Waals surface area contributed by atoms with Crippen LogP contribution >= 0.6 is 0 Å². The van der Waals surface area contributed by atoms with Gasteiger partial charge in [0.2, 0.25) is 0 Å². The van der Waals surface area contributed by atoms with Crippen molar-refractivity contribution >= 4 is 22.8 Å². The number of nitrogens with two attached hydrogens (primary N) is 1. The fourth-order valence-corrected chi connectivity index (χ4v) is 5.83. The average Bonchev–Trinajstić information content (AvgIpc) is 3.06. The third kappa shape index (κ3) is 2.18. The van der Waals surface area contributed by atoms with E-state index in [1.807, 2.05) is 7.11 Å². The maximum absolute atomic E-state index is 11.9. The number of primary amides is 1. The molecule has 0 aromatic carbocycles. The maximum atomic E-state index is 11.9. The summed E-state index contributed by atoms with van der Waals surface area (Å²) < 4.78 is 5.94. The summed E-state index contributed by atoms with van der Waals surface area (Å²) in [6.07, 6.45) is 9.00. The number of methoxy groups -OCH3 is 1. The Morgan fingerprint density at radius 1 is 1.32 bits per heavy atom. The zero-order valence-corrected chi connectivity index (χ0v) is 14.3. The van der Waals surface area contributed by atoms with E-state index in [0.29, 0.717) is 34.6 Å². The second kappa shape index (κ2) is 5.17. The fraction of sp³-hybridized carbons (Fsp3) is 0.611. The summed E-state index contributed by atoms with van der Waals surface area (Å²) in [6, 6.07) is 0.334. The van der Waals surface area contributed by atoms with Gasteiger partial charge in [0.1, 0.15) is 5.52 Å². The van der Waals surface area contributed by atoms with Gasteiger partial charge in [0.15, 0.2) is 5.65 Å². The van der Waals surface area contributed by atoms with Crippen molar-refractivity contribution in [3.05, 3.63) is 18.1 Å². The smallest absolute Gasteiger partial charge is 0.252 e.